The summed E-state index contributed by atoms with van der Waals surface area (Å²) in [6.45, 7) is -0.0173. The number of ether oxygens (including phenoxy) is 2. The summed E-state index contributed by atoms with van der Waals surface area (Å²) in [4.78, 5) is 38.1. The van der Waals surface area contributed by atoms with Gasteiger partial charge >= 0.3 is 19.3 Å². The van der Waals surface area contributed by atoms with Gasteiger partial charge in [0.25, 0.3) is 5.56 Å². The maximum absolute atomic E-state index is 14.2. The highest BCUT2D eigenvalue weighted by Gasteiger charge is 2.56. The van der Waals surface area contributed by atoms with Crippen molar-refractivity contribution >= 4 is 13.6 Å². The first kappa shape index (κ1) is 25.8. The van der Waals surface area contributed by atoms with E-state index in [1.165, 1.54) is 19.1 Å². The number of H-pyrrole nitrogens is 1. The second-order valence-electron chi connectivity index (χ2n) is 8.91. The Balaban J connectivity index is 1.96. The average molecular weight is 545 g/mol. The van der Waals surface area contributed by atoms with Crippen LogP contribution in [0.5, 0.6) is 5.75 Å². The fourth-order valence-corrected chi connectivity index (χ4v) is 5.28. The molecule has 1 fully saturated rings. The van der Waals surface area contributed by atoms with Crippen molar-refractivity contribution in [1.29, 1.82) is 0 Å². The largest absolute Gasteiger partial charge is 0.463 e. The molecule has 6 atom stereocenters. The lowest BCUT2D eigenvalue weighted by atomic mass is 9.92. The Morgan fingerprint density at radius 3 is 2.59 bits per heavy atom. The highest BCUT2D eigenvalue weighted by molar-refractivity contribution is 7.54. The van der Waals surface area contributed by atoms with Gasteiger partial charge < -0.3 is 24.8 Å². The van der Waals surface area contributed by atoms with Crippen LogP contribution in [-0.4, -0.2) is 63.9 Å². The highest BCUT2D eigenvalue weighted by atomic mass is 31.2. The third-order valence-corrected chi connectivity index (χ3v) is 7.32. The molecule has 1 aromatic carbocycles. The number of aromatic nitrogens is 2. The van der Waals surface area contributed by atoms with Crippen molar-refractivity contribution in [2.24, 2.45) is 11.7 Å². The summed E-state index contributed by atoms with van der Waals surface area (Å²) in [5, 5.41) is 10.9. The Kier molecular flexibility index (Phi) is 8.16. The first-order valence-electron chi connectivity index (χ1n) is 12.4. The van der Waals surface area contributed by atoms with Gasteiger partial charge in [-0.25, -0.2) is 13.8 Å². The molecule has 4 N–H and O–H groups in total. The number of aliphatic hydroxyl groups excluding tert-OH is 1. The Hall–Kier alpha value is -2.83. The summed E-state index contributed by atoms with van der Waals surface area (Å²) in [5.41, 5.74) is 1.85. The fourth-order valence-electron chi connectivity index (χ4n) is 3.57. The number of carbonyl (C=O) groups excluding carboxylic acids is 1. The summed E-state index contributed by atoms with van der Waals surface area (Å²) >= 11 is 0. The van der Waals surface area contributed by atoms with Crippen LogP contribution in [0.2, 0.25) is 0 Å². The number of aliphatic hydroxyl groups is 1. The molecule has 12 nitrogen and oxygen atoms in total. The van der Waals surface area contributed by atoms with Gasteiger partial charge in [-0.3, -0.25) is 23.7 Å². The number of benzene rings is 1. The molecule has 14 heteroatoms. The second-order valence-corrected chi connectivity index (χ2v) is 10.9. The number of halogens is 1. The van der Waals surface area contributed by atoms with Gasteiger partial charge in [-0.1, -0.05) is 25.1 Å². The van der Waals surface area contributed by atoms with Gasteiger partial charge in [-0.15, -0.1) is 0 Å². The van der Waals surface area contributed by atoms with E-state index in [0.717, 1.165) is 12.3 Å². The van der Waals surface area contributed by atoms with Gasteiger partial charge in [0.1, 0.15) is 30.2 Å². The standard InChI is InChI=1S/C23H31FN3O9P/c1-14(2)34-20(30)15(3)12-37(32,36-16-7-5-4-6-8-16)33-11-17-19(29)23(25,13-24)21(35-17)27-10-9-18(28)26-22(27)31/h4-10,14-15,17,19,21,29H,11-13,25H2,1-3H3,(H,26,28,31)/t15-,17-,19+,21-,23?,37?/m1/s1/i11D2. The van der Waals surface area contributed by atoms with Gasteiger partial charge in [0, 0.05) is 12.3 Å². The van der Waals surface area contributed by atoms with Crippen LogP contribution in [0.4, 0.5) is 4.39 Å². The predicted molar refractivity (Wildman–Crippen MR) is 130 cm³/mol. The number of esters is 1. The number of hydrogen-bond acceptors (Lipinski definition) is 10. The van der Waals surface area contributed by atoms with E-state index in [4.69, 9.17) is 27.0 Å². The minimum absolute atomic E-state index is 0.0311. The van der Waals surface area contributed by atoms with Gasteiger partial charge in [0.15, 0.2) is 6.23 Å². The lowest BCUT2D eigenvalue weighted by molar-refractivity contribution is -0.151. The predicted octanol–water partition coefficient (Wildman–Crippen LogP) is 1.34. The van der Waals surface area contributed by atoms with Gasteiger partial charge in [0.05, 0.1) is 27.5 Å². The van der Waals surface area contributed by atoms with Gasteiger partial charge in [-0.05, 0) is 26.0 Å². The molecule has 0 amide bonds. The zero-order valence-electron chi connectivity index (χ0n) is 22.4. The number of aromatic amines is 1. The van der Waals surface area contributed by atoms with Crippen molar-refractivity contribution < 1.29 is 40.1 Å². The number of alkyl halides is 1. The fraction of sp³-hybridized carbons (Fsp3) is 0.522. The zero-order chi connectivity index (χ0) is 29.2. The summed E-state index contributed by atoms with van der Waals surface area (Å²) in [5.74, 6) is -1.78. The first-order chi connectivity index (χ1) is 18.1. The quantitative estimate of drug-likeness (QED) is 0.276. The SMILES string of the molecule is [2H]C([2H])(OP(=O)(C[C@@H](C)C(=O)OC(C)C)Oc1ccccc1)[C@H]1O[C@@H](n2ccc(=O)[nH]c2=O)C(N)(CF)[C@H]1O. The Labute approximate surface area is 214 Å². The third-order valence-electron chi connectivity index (χ3n) is 5.46. The van der Waals surface area contributed by atoms with E-state index in [1.54, 1.807) is 32.0 Å². The highest BCUT2D eigenvalue weighted by Crippen LogP contribution is 2.51. The van der Waals surface area contributed by atoms with Crippen LogP contribution in [0.3, 0.4) is 0 Å². The lowest BCUT2D eigenvalue weighted by Gasteiger charge is -2.30. The molecule has 1 saturated heterocycles. The van der Waals surface area contributed by atoms with Crippen LogP contribution in [-0.2, 0) is 23.4 Å². The Morgan fingerprint density at radius 1 is 1.32 bits per heavy atom. The molecule has 0 radical (unpaired) electrons. The summed E-state index contributed by atoms with van der Waals surface area (Å²) in [7, 11) is -4.57. The van der Waals surface area contributed by atoms with Crippen LogP contribution < -0.4 is 21.5 Å². The normalized spacial score (nSPS) is 27.2. The monoisotopic (exact) mass is 545 g/mol. The number of nitrogens with two attached hydrogens (primary N) is 1. The molecule has 0 aliphatic carbocycles. The molecule has 0 spiro atoms. The zero-order valence-corrected chi connectivity index (χ0v) is 21.3. The number of nitrogens with one attached hydrogen (secondary N) is 1. The van der Waals surface area contributed by atoms with Crippen LogP contribution >= 0.6 is 7.60 Å². The van der Waals surface area contributed by atoms with Crippen LogP contribution in [0.25, 0.3) is 0 Å². The number of rotatable bonds is 11. The minimum atomic E-state index is -4.57. The van der Waals surface area contributed by atoms with E-state index < -0.39 is 80.2 Å². The van der Waals surface area contributed by atoms with Gasteiger partial charge in [0.2, 0.25) is 0 Å². The maximum Gasteiger partial charge on any atom is 0.380 e. The Bertz CT molecular complexity index is 1330. The molecule has 1 aliphatic heterocycles. The van der Waals surface area contributed by atoms with Gasteiger partial charge in [-0.2, -0.15) is 0 Å². The molecule has 3 rings (SSSR count). The molecule has 0 bridgehead atoms. The summed E-state index contributed by atoms with van der Waals surface area (Å²) in [6, 6.07) is 8.55. The third kappa shape index (κ3) is 6.74. The van der Waals surface area contributed by atoms with E-state index in [0.29, 0.717) is 4.57 Å². The van der Waals surface area contributed by atoms with E-state index in [-0.39, 0.29) is 5.75 Å². The first-order valence-corrected chi connectivity index (χ1v) is 13.1. The van der Waals surface area contributed by atoms with Crippen LogP contribution in [0, 0.1) is 5.92 Å². The number of hydrogen-bond donors (Lipinski definition) is 3. The Morgan fingerprint density at radius 2 is 2.00 bits per heavy atom. The topological polar surface area (TPSA) is 172 Å². The van der Waals surface area contributed by atoms with Crippen molar-refractivity contribution in [3.63, 3.8) is 0 Å². The lowest BCUT2D eigenvalue weighted by Crippen LogP contribution is -2.57. The molecule has 2 heterocycles. The van der Waals surface area contributed by atoms with E-state index in [1.807, 2.05) is 4.98 Å². The molecule has 204 valence electrons. The number of nitrogens with zero attached hydrogens (tertiary/aromatic N) is 1. The maximum atomic E-state index is 14.2. The summed E-state index contributed by atoms with van der Waals surface area (Å²) < 4.78 is 67.3. The second kappa shape index (κ2) is 11.7. The number of carbonyl (C=O) groups is 1. The van der Waals surface area contributed by atoms with E-state index in [9.17, 15) is 28.4 Å². The molecule has 2 unspecified atom stereocenters. The molecule has 0 saturated carbocycles. The smallest absolute Gasteiger partial charge is 0.380 e. The average Bonchev–Trinajstić information content (AvgIpc) is 3.10. The minimum Gasteiger partial charge on any atom is -0.463 e. The van der Waals surface area contributed by atoms with Crippen molar-refractivity contribution in [2.75, 3.05) is 19.4 Å². The molecule has 37 heavy (non-hydrogen) atoms. The molecule has 1 aromatic heterocycles. The van der Waals surface area contributed by atoms with E-state index >= 15 is 0 Å². The van der Waals surface area contributed by atoms with Crippen molar-refractivity contribution in [2.45, 2.75) is 50.8 Å². The summed E-state index contributed by atoms with van der Waals surface area (Å²) in [6.07, 6.45) is -6.17. The van der Waals surface area contributed by atoms with Crippen molar-refractivity contribution in [3.8, 4) is 5.75 Å². The van der Waals surface area contributed by atoms with Crippen molar-refractivity contribution in [1.82, 2.24) is 9.55 Å². The molecular weight excluding hydrogens is 512 g/mol. The molecule has 1 aliphatic rings. The molecule has 2 aromatic rings. The number of para-hydroxylation sites is 1. The van der Waals surface area contributed by atoms with Crippen molar-refractivity contribution in [3.05, 3.63) is 63.4 Å². The van der Waals surface area contributed by atoms with Crippen LogP contribution in [0.1, 0.15) is 29.7 Å². The van der Waals surface area contributed by atoms with Crippen LogP contribution in [0.15, 0.2) is 52.2 Å². The van der Waals surface area contributed by atoms with E-state index in [2.05, 4.69) is 0 Å². The molecular formula is C23H31FN3O9P.